The first-order valence-electron chi connectivity index (χ1n) is 13.2. The van der Waals surface area contributed by atoms with E-state index in [1.165, 1.54) is 32.1 Å². The summed E-state index contributed by atoms with van der Waals surface area (Å²) in [4.78, 5) is 37.8. The molecule has 0 radical (unpaired) electrons. The summed E-state index contributed by atoms with van der Waals surface area (Å²) in [6, 6.07) is 16.8. The van der Waals surface area contributed by atoms with Crippen LogP contribution in [0.3, 0.4) is 0 Å². The van der Waals surface area contributed by atoms with Crippen LogP contribution in [-0.4, -0.2) is 32.8 Å². The first-order chi connectivity index (χ1) is 18.1. The Hall–Kier alpha value is -4.00. The third kappa shape index (κ3) is 4.18. The Bertz CT molecular complexity index is 1450. The average molecular weight is 492 g/mol. The van der Waals surface area contributed by atoms with Crippen LogP contribution in [0.5, 0.6) is 0 Å². The molecule has 2 aromatic carbocycles. The fourth-order valence-electron chi connectivity index (χ4n) is 7.10. The summed E-state index contributed by atoms with van der Waals surface area (Å²) in [5, 5.41) is 6.26. The molecule has 0 spiro atoms. The Balaban J connectivity index is 1.06. The van der Waals surface area contributed by atoms with Gasteiger partial charge >= 0.3 is 0 Å². The molecule has 0 atom stereocenters. The third-order valence-electron chi connectivity index (χ3n) is 8.63. The van der Waals surface area contributed by atoms with Gasteiger partial charge < -0.3 is 15.6 Å². The van der Waals surface area contributed by atoms with E-state index in [1.807, 2.05) is 30.3 Å². The minimum Gasteiger partial charge on any atom is -0.349 e. The number of pyridine rings is 1. The lowest BCUT2D eigenvalue weighted by atomic mass is 9.54. The van der Waals surface area contributed by atoms with Gasteiger partial charge in [0.05, 0.1) is 11.0 Å². The number of hydrogen-bond donors (Lipinski definition) is 3. The number of carbonyl (C=O) groups is 2. The van der Waals surface area contributed by atoms with Crippen molar-refractivity contribution in [2.24, 2.45) is 23.7 Å². The molecule has 3 N–H and O–H groups in total. The molecule has 7 nitrogen and oxygen atoms in total. The van der Waals surface area contributed by atoms with Gasteiger partial charge in [0.15, 0.2) is 0 Å². The van der Waals surface area contributed by atoms with Gasteiger partial charge in [-0.1, -0.05) is 12.1 Å². The molecule has 0 aliphatic heterocycles. The molecule has 4 bridgehead atoms. The van der Waals surface area contributed by atoms with Gasteiger partial charge in [-0.15, -0.1) is 0 Å². The van der Waals surface area contributed by atoms with Crippen LogP contribution in [-0.2, 0) is 0 Å². The van der Waals surface area contributed by atoms with Gasteiger partial charge in [0.25, 0.3) is 11.8 Å². The molecule has 186 valence electrons. The number of nitrogens with one attached hydrogen (secondary N) is 3. The van der Waals surface area contributed by atoms with Crippen LogP contribution in [0.25, 0.3) is 22.4 Å². The predicted octanol–water partition coefficient (Wildman–Crippen LogP) is 5.43. The molecule has 4 saturated carbocycles. The van der Waals surface area contributed by atoms with Crippen molar-refractivity contribution in [3.63, 3.8) is 0 Å². The fraction of sp³-hybridized carbons (Fsp3) is 0.333. The number of fused-ring (bicyclic) bond motifs is 1. The molecule has 4 fully saturated rings. The van der Waals surface area contributed by atoms with Crippen molar-refractivity contribution in [2.45, 2.75) is 38.1 Å². The van der Waals surface area contributed by atoms with E-state index in [1.54, 1.807) is 36.7 Å². The van der Waals surface area contributed by atoms with E-state index in [0.717, 1.165) is 28.4 Å². The Morgan fingerprint density at radius 1 is 0.784 bits per heavy atom. The monoisotopic (exact) mass is 491 g/mol. The zero-order valence-corrected chi connectivity index (χ0v) is 20.5. The van der Waals surface area contributed by atoms with E-state index in [2.05, 4.69) is 20.6 Å². The first-order valence-corrected chi connectivity index (χ1v) is 13.2. The Labute approximate surface area is 215 Å². The molecule has 2 aromatic heterocycles. The number of rotatable bonds is 5. The first kappa shape index (κ1) is 22.2. The molecule has 4 aliphatic rings. The third-order valence-corrected chi connectivity index (χ3v) is 8.63. The number of anilines is 1. The van der Waals surface area contributed by atoms with E-state index < -0.39 is 0 Å². The quantitative estimate of drug-likeness (QED) is 0.346. The number of carbonyl (C=O) groups excluding carboxylic acids is 2. The highest BCUT2D eigenvalue weighted by atomic mass is 16.2. The number of H-pyrrole nitrogens is 1. The molecule has 4 aliphatic carbocycles. The molecule has 7 heteroatoms. The van der Waals surface area contributed by atoms with Gasteiger partial charge in [-0.25, -0.2) is 4.98 Å². The van der Waals surface area contributed by atoms with Crippen LogP contribution in [0.15, 0.2) is 67.0 Å². The van der Waals surface area contributed by atoms with Crippen LogP contribution in [0.2, 0.25) is 0 Å². The highest BCUT2D eigenvalue weighted by Crippen LogP contribution is 2.53. The lowest BCUT2D eigenvalue weighted by Gasteiger charge is -2.54. The summed E-state index contributed by atoms with van der Waals surface area (Å²) in [7, 11) is 0. The molecule has 37 heavy (non-hydrogen) atoms. The van der Waals surface area contributed by atoms with Crippen molar-refractivity contribution in [1.82, 2.24) is 20.3 Å². The largest absolute Gasteiger partial charge is 0.349 e. The molecule has 2 heterocycles. The van der Waals surface area contributed by atoms with Gasteiger partial charge in [-0.05, 0) is 98.2 Å². The highest BCUT2D eigenvalue weighted by Gasteiger charge is 2.48. The number of imidazole rings is 1. The number of benzene rings is 2. The van der Waals surface area contributed by atoms with Crippen LogP contribution < -0.4 is 10.6 Å². The SMILES string of the molecule is O=C(Nc1ccncc1)c1ccc(-c2nc3cc(C(=O)NC4C5C[C@H]6C[C@@H](C5)C[C@@H]4C6)ccc3[nH]2)cc1. The number of aromatic amines is 1. The van der Waals surface area contributed by atoms with Gasteiger partial charge in [0.2, 0.25) is 0 Å². The van der Waals surface area contributed by atoms with Gasteiger partial charge in [0.1, 0.15) is 5.82 Å². The minimum atomic E-state index is -0.183. The van der Waals surface area contributed by atoms with E-state index in [0.29, 0.717) is 40.5 Å². The Kier molecular flexibility index (Phi) is 5.30. The summed E-state index contributed by atoms with van der Waals surface area (Å²) < 4.78 is 0. The van der Waals surface area contributed by atoms with Crippen LogP contribution in [0.4, 0.5) is 5.69 Å². The van der Waals surface area contributed by atoms with Crippen molar-refractivity contribution in [3.8, 4) is 11.4 Å². The van der Waals surface area contributed by atoms with E-state index in [-0.39, 0.29) is 11.8 Å². The Morgan fingerprint density at radius 2 is 1.46 bits per heavy atom. The summed E-state index contributed by atoms with van der Waals surface area (Å²) in [5.41, 5.74) is 4.41. The summed E-state index contributed by atoms with van der Waals surface area (Å²) in [5.74, 6) is 3.60. The Morgan fingerprint density at radius 3 is 2.16 bits per heavy atom. The van der Waals surface area contributed by atoms with Gasteiger partial charge in [0, 0.05) is 40.8 Å². The van der Waals surface area contributed by atoms with E-state index in [9.17, 15) is 9.59 Å². The topological polar surface area (TPSA) is 99.8 Å². The molecular weight excluding hydrogens is 462 g/mol. The van der Waals surface area contributed by atoms with E-state index in [4.69, 9.17) is 4.98 Å². The van der Waals surface area contributed by atoms with Crippen molar-refractivity contribution < 1.29 is 9.59 Å². The maximum Gasteiger partial charge on any atom is 0.255 e. The van der Waals surface area contributed by atoms with Crippen molar-refractivity contribution >= 4 is 28.5 Å². The maximum absolute atomic E-state index is 13.2. The summed E-state index contributed by atoms with van der Waals surface area (Å²) in [6.45, 7) is 0. The van der Waals surface area contributed by atoms with Crippen molar-refractivity contribution in [3.05, 3.63) is 78.1 Å². The predicted molar refractivity (Wildman–Crippen MR) is 142 cm³/mol. The second-order valence-electron chi connectivity index (χ2n) is 11.0. The van der Waals surface area contributed by atoms with E-state index >= 15 is 0 Å². The zero-order valence-electron chi connectivity index (χ0n) is 20.5. The molecule has 8 rings (SSSR count). The fourth-order valence-corrected chi connectivity index (χ4v) is 7.10. The van der Waals surface area contributed by atoms with Crippen LogP contribution in [0.1, 0.15) is 52.8 Å². The normalized spacial score (nSPS) is 25.8. The molecule has 4 aromatic rings. The van der Waals surface area contributed by atoms with Gasteiger partial charge in [-0.2, -0.15) is 0 Å². The maximum atomic E-state index is 13.2. The minimum absolute atomic E-state index is 0.00786. The van der Waals surface area contributed by atoms with Crippen molar-refractivity contribution in [2.75, 3.05) is 5.32 Å². The van der Waals surface area contributed by atoms with Crippen LogP contribution in [0, 0.1) is 23.7 Å². The van der Waals surface area contributed by atoms with Crippen molar-refractivity contribution in [1.29, 1.82) is 0 Å². The highest BCUT2D eigenvalue weighted by molar-refractivity contribution is 6.04. The molecule has 2 amide bonds. The lowest BCUT2D eigenvalue weighted by Crippen LogP contribution is -2.55. The lowest BCUT2D eigenvalue weighted by molar-refractivity contribution is -0.0119. The van der Waals surface area contributed by atoms with Gasteiger partial charge in [-0.3, -0.25) is 14.6 Å². The second kappa shape index (κ2) is 8.83. The summed E-state index contributed by atoms with van der Waals surface area (Å²) in [6.07, 6.45) is 9.81. The molecular formula is C30H29N5O2. The standard InChI is InChI=1S/C30H29N5O2/c36-29(32-24-7-9-31-10-8-24)20-3-1-19(2-4-20)28-33-25-6-5-21(16-26(25)34-28)30(37)35-27-22-12-17-11-18(14-22)15-23(27)13-17/h1-10,16-18,22-23,27H,11-15H2,(H,33,34)(H,35,37)(H,31,32,36)/t17-,18+,22-,23?,27?. The number of nitrogens with zero attached hydrogens (tertiary/aromatic N) is 2. The summed E-state index contributed by atoms with van der Waals surface area (Å²) >= 11 is 0. The zero-order chi connectivity index (χ0) is 24.9. The second-order valence-corrected chi connectivity index (χ2v) is 11.0. The average Bonchev–Trinajstić information content (AvgIpc) is 3.34. The number of hydrogen-bond acceptors (Lipinski definition) is 4. The number of amides is 2. The molecule has 0 unspecified atom stereocenters. The smallest absolute Gasteiger partial charge is 0.255 e. The number of aromatic nitrogens is 3. The molecule has 0 saturated heterocycles. The van der Waals surface area contributed by atoms with Crippen LogP contribution >= 0.6 is 0 Å².